The minimum Gasteiger partial charge on any atom is -0.314 e. The molecule has 1 N–H and O–H groups in total. The van der Waals surface area contributed by atoms with Gasteiger partial charge in [0.05, 0.1) is 0 Å². The number of piperidine rings is 1. The number of hydrogen-bond acceptors (Lipinski definition) is 3. The molecule has 2 heterocycles. The van der Waals surface area contributed by atoms with Gasteiger partial charge in [0.2, 0.25) is 0 Å². The van der Waals surface area contributed by atoms with Crippen LogP contribution in [0.5, 0.6) is 0 Å². The van der Waals surface area contributed by atoms with Crippen LogP contribution in [0.2, 0.25) is 0 Å². The molecule has 1 aromatic heterocycles. The summed E-state index contributed by atoms with van der Waals surface area (Å²) in [6, 6.07) is 5.89. The van der Waals surface area contributed by atoms with Gasteiger partial charge in [-0.1, -0.05) is 13.8 Å². The lowest BCUT2D eigenvalue weighted by Gasteiger charge is -2.43. The minimum absolute atomic E-state index is 0.671. The summed E-state index contributed by atoms with van der Waals surface area (Å²) in [7, 11) is 0. The summed E-state index contributed by atoms with van der Waals surface area (Å²) >= 11 is 1.94. The van der Waals surface area contributed by atoms with Crippen molar-refractivity contribution in [2.75, 3.05) is 13.1 Å². The van der Waals surface area contributed by atoms with Gasteiger partial charge >= 0.3 is 0 Å². The Kier molecular flexibility index (Phi) is 4.82. The Bertz CT molecular complexity index is 374. The van der Waals surface area contributed by atoms with Gasteiger partial charge in [0.1, 0.15) is 0 Å². The molecule has 1 aromatic rings. The molecular weight excluding hydrogens is 240 g/mol. The van der Waals surface area contributed by atoms with Gasteiger partial charge in [-0.2, -0.15) is 0 Å². The fourth-order valence-corrected chi connectivity index (χ4v) is 3.90. The van der Waals surface area contributed by atoms with Gasteiger partial charge < -0.3 is 5.32 Å². The monoisotopic (exact) mass is 266 g/mol. The predicted molar refractivity (Wildman–Crippen MR) is 80.2 cm³/mol. The highest BCUT2D eigenvalue weighted by molar-refractivity contribution is 7.11. The van der Waals surface area contributed by atoms with Crippen molar-refractivity contribution in [3.8, 4) is 0 Å². The molecule has 102 valence electrons. The number of thiophene rings is 1. The molecule has 0 amide bonds. The molecule has 0 spiro atoms. The Morgan fingerprint density at radius 1 is 1.39 bits per heavy atom. The maximum absolute atomic E-state index is 3.63. The first kappa shape index (κ1) is 14.0. The molecule has 1 aliphatic rings. The zero-order valence-corrected chi connectivity index (χ0v) is 12.9. The molecule has 18 heavy (non-hydrogen) atoms. The van der Waals surface area contributed by atoms with Crippen LogP contribution in [0, 0.1) is 12.8 Å². The average molecular weight is 266 g/mol. The van der Waals surface area contributed by atoms with Crippen molar-refractivity contribution in [1.29, 1.82) is 0 Å². The van der Waals surface area contributed by atoms with Crippen molar-refractivity contribution in [3.63, 3.8) is 0 Å². The zero-order chi connectivity index (χ0) is 13.1. The summed E-state index contributed by atoms with van der Waals surface area (Å²) < 4.78 is 0. The Morgan fingerprint density at radius 2 is 2.17 bits per heavy atom. The van der Waals surface area contributed by atoms with Crippen molar-refractivity contribution in [1.82, 2.24) is 10.2 Å². The summed E-state index contributed by atoms with van der Waals surface area (Å²) in [5.41, 5.74) is 0. The van der Waals surface area contributed by atoms with Gasteiger partial charge in [-0.15, -0.1) is 11.3 Å². The molecule has 3 unspecified atom stereocenters. The summed E-state index contributed by atoms with van der Waals surface area (Å²) in [4.78, 5) is 5.57. The van der Waals surface area contributed by atoms with Gasteiger partial charge in [0, 0.05) is 34.9 Å². The van der Waals surface area contributed by atoms with E-state index in [0.717, 1.165) is 19.0 Å². The largest absolute Gasteiger partial charge is 0.314 e. The zero-order valence-electron chi connectivity index (χ0n) is 12.1. The summed E-state index contributed by atoms with van der Waals surface area (Å²) in [5.74, 6) is 0.736. The Balaban J connectivity index is 1.95. The lowest BCUT2D eigenvalue weighted by Crippen LogP contribution is -2.52. The molecule has 3 atom stereocenters. The maximum atomic E-state index is 3.63. The minimum atomic E-state index is 0.671. The SMILES string of the molecule is CCNC1CCN(Cc2ccc(C)s2)C(C)C1C. The van der Waals surface area contributed by atoms with Crippen molar-refractivity contribution < 1.29 is 0 Å². The number of hydrogen-bond donors (Lipinski definition) is 1. The molecule has 0 radical (unpaired) electrons. The number of rotatable bonds is 4. The van der Waals surface area contributed by atoms with Gasteiger partial charge in [0.15, 0.2) is 0 Å². The Morgan fingerprint density at radius 3 is 2.78 bits per heavy atom. The molecule has 2 nitrogen and oxygen atoms in total. The molecule has 1 fully saturated rings. The second kappa shape index (κ2) is 6.18. The first-order valence-electron chi connectivity index (χ1n) is 7.14. The molecule has 1 aliphatic heterocycles. The quantitative estimate of drug-likeness (QED) is 0.900. The summed E-state index contributed by atoms with van der Waals surface area (Å²) in [6.45, 7) is 12.6. The predicted octanol–water partition coefficient (Wildman–Crippen LogP) is 3.26. The molecule has 0 bridgehead atoms. The molecule has 3 heteroatoms. The van der Waals surface area contributed by atoms with E-state index in [4.69, 9.17) is 0 Å². The van der Waals surface area contributed by atoms with Gasteiger partial charge in [-0.05, 0) is 44.9 Å². The number of aryl methyl sites for hydroxylation is 1. The van der Waals surface area contributed by atoms with Gasteiger partial charge in [0.25, 0.3) is 0 Å². The highest BCUT2D eigenvalue weighted by Crippen LogP contribution is 2.27. The first-order chi connectivity index (χ1) is 8.61. The van der Waals surface area contributed by atoms with E-state index < -0.39 is 0 Å². The van der Waals surface area contributed by atoms with Crippen LogP contribution in [-0.2, 0) is 6.54 Å². The van der Waals surface area contributed by atoms with Crippen molar-refractivity contribution in [2.24, 2.45) is 5.92 Å². The van der Waals surface area contributed by atoms with E-state index in [1.54, 1.807) is 0 Å². The van der Waals surface area contributed by atoms with Crippen LogP contribution < -0.4 is 5.32 Å². The molecule has 0 aliphatic carbocycles. The number of nitrogens with one attached hydrogen (secondary N) is 1. The molecular formula is C15H26N2S. The Labute approximate surface area is 115 Å². The lowest BCUT2D eigenvalue weighted by molar-refractivity contribution is 0.0799. The van der Waals surface area contributed by atoms with Crippen LogP contribution in [0.25, 0.3) is 0 Å². The van der Waals surface area contributed by atoms with Crippen LogP contribution in [-0.4, -0.2) is 30.1 Å². The average Bonchev–Trinajstić information content (AvgIpc) is 2.75. The molecule has 1 saturated heterocycles. The third-order valence-electron chi connectivity index (χ3n) is 4.32. The first-order valence-corrected chi connectivity index (χ1v) is 7.96. The lowest BCUT2D eigenvalue weighted by atomic mass is 9.87. The van der Waals surface area contributed by atoms with E-state index in [1.165, 1.54) is 22.7 Å². The summed E-state index contributed by atoms with van der Waals surface area (Å²) in [6.07, 6.45) is 1.28. The van der Waals surface area contributed by atoms with Crippen LogP contribution in [0.3, 0.4) is 0 Å². The third-order valence-corrected chi connectivity index (χ3v) is 5.31. The van der Waals surface area contributed by atoms with Crippen LogP contribution in [0.15, 0.2) is 12.1 Å². The normalized spacial score (nSPS) is 29.7. The van der Waals surface area contributed by atoms with Crippen LogP contribution >= 0.6 is 11.3 Å². The molecule has 0 saturated carbocycles. The fourth-order valence-electron chi connectivity index (χ4n) is 2.98. The standard InChI is InChI=1S/C15H26N2S/c1-5-16-15-8-9-17(13(4)12(15)3)10-14-7-6-11(2)18-14/h6-7,12-13,15-16H,5,8-10H2,1-4H3. The highest BCUT2D eigenvalue weighted by Gasteiger charge is 2.31. The summed E-state index contributed by atoms with van der Waals surface area (Å²) in [5, 5.41) is 3.63. The highest BCUT2D eigenvalue weighted by atomic mass is 32.1. The Hall–Kier alpha value is -0.380. The van der Waals surface area contributed by atoms with E-state index in [9.17, 15) is 0 Å². The number of nitrogens with zero attached hydrogens (tertiary/aromatic N) is 1. The van der Waals surface area contributed by atoms with Crippen LogP contribution in [0.4, 0.5) is 0 Å². The van der Waals surface area contributed by atoms with Crippen molar-refractivity contribution >= 4 is 11.3 Å². The number of likely N-dealkylation sites (tertiary alicyclic amines) is 1. The molecule has 0 aromatic carbocycles. The van der Waals surface area contributed by atoms with Crippen LogP contribution in [0.1, 0.15) is 36.9 Å². The van der Waals surface area contributed by atoms with E-state index in [2.05, 4.69) is 50.0 Å². The molecule has 2 rings (SSSR count). The fraction of sp³-hybridized carbons (Fsp3) is 0.733. The van der Waals surface area contributed by atoms with E-state index >= 15 is 0 Å². The maximum Gasteiger partial charge on any atom is 0.0330 e. The van der Waals surface area contributed by atoms with E-state index in [-0.39, 0.29) is 0 Å². The van der Waals surface area contributed by atoms with E-state index in [0.29, 0.717) is 12.1 Å². The van der Waals surface area contributed by atoms with Crippen molar-refractivity contribution in [3.05, 3.63) is 21.9 Å². The van der Waals surface area contributed by atoms with Crippen molar-refractivity contribution in [2.45, 2.75) is 52.7 Å². The topological polar surface area (TPSA) is 15.3 Å². The van der Waals surface area contributed by atoms with Gasteiger partial charge in [-0.25, -0.2) is 0 Å². The van der Waals surface area contributed by atoms with E-state index in [1.807, 2.05) is 11.3 Å². The van der Waals surface area contributed by atoms with Gasteiger partial charge in [-0.3, -0.25) is 4.90 Å². The second-order valence-corrected chi connectivity index (χ2v) is 6.91. The third kappa shape index (κ3) is 3.14. The smallest absolute Gasteiger partial charge is 0.0330 e. The second-order valence-electron chi connectivity index (χ2n) is 5.54.